The van der Waals surface area contributed by atoms with Gasteiger partial charge in [-0.05, 0) is 45.0 Å². The maximum atomic E-state index is 11.3. The number of nitrogens with one attached hydrogen (secondary N) is 2. The lowest BCUT2D eigenvalue weighted by molar-refractivity contribution is -0.114. The molecule has 2 rings (SSSR count). The Hall–Kier alpha value is -2.31. The van der Waals surface area contributed by atoms with Gasteiger partial charge in [0.25, 0.3) is 0 Å². The lowest BCUT2D eigenvalue weighted by Gasteiger charge is -2.23. The number of aliphatic hydroxyl groups excluding tert-OH is 1. The Bertz CT molecular complexity index is 690. The van der Waals surface area contributed by atoms with Crippen LogP contribution in [0.1, 0.15) is 27.7 Å². The fourth-order valence-electron chi connectivity index (χ4n) is 2.25. The molecule has 0 fully saturated rings. The summed E-state index contributed by atoms with van der Waals surface area (Å²) in [4.78, 5) is 11.3. The van der Waals surface area contributed by atoms with Crippen molar-refractivity contribution in [2.75, 3.05) is 18.5 Å². The van der Waals surface area contributed by atoms with E-state index >= 15 is 0 Å². The van der Waals surface area contributed by atoms with Crippen molar-refractivity contribution in [3.63, 3.8) is 0 Å². The summed E-state index contributed by atoms with van der Waals surface area (Å²) in [6.45, 7) is 8.18. The second kappa shape index (κ2) is 8.18. The quantitative estimate of drug-likeness (QED) is 0.718. The molecule has 25 heavy (non-hydrogen) atoms. The Kier molecular flexibility index (Phi) is 6.22. The monoisotopic (exact) mass is 346 g/mol. The average molecular weight is 346 g/mol. The third-order valence-corrected chi connectivity index (χ3v) is 3.43. The highest BCUT2D eigenvalue weighted by Crippen LogP contribution is 2.33. The first kappa shape index (κ1) is 19.0. The molecule has 1 unspecified atom stereocenters. The summed E-state index contributed by atoms with van der Waals surface area (Å²) < 4.78 is 10.9. The zero-order valence-corrected chi connectivity index (χ0v) is 15.1. The summed E-state index contributed by atoms with van der Waals surface area (Å²) in [7, 11) is 0. The zero-order chi connectivity index (χ0) is 18.4. The maximum absolute atomic E-state index is 11.3. The van der Waals surface area contributed by atoms with Gasteiger partial charge < -0.3 is 24.9 Å². The Labute approximate surface area is 148 Å². The molecule has 1 heterocycles. The van der Waals surface area contributed by atoms with Gasteiger partial charge in [0, 0.05) is 35.8 Å². The number of benzene rings is 1. The van der Waals surface area contributed by atoms with Gasteiger partial charge in [0.1, 0.15) is 18.5 Å². The second-order valence-electron chi connectivity index (χ2n) is 7.00. The normalized spacial score (nSPS) is 12.7. The van der Waals surface area contributed by atoms with Crippen molar-refractivity contribution in [2.45, 2.75) is 39.3 Å². The van der Waals surface area contributed by atoms with Gasteiger partial charge >= 0.3 is 0 Å². The lowest BCUT2D eigenvalue weighted by atomic mass is 10.1. The van der Waals surface area contributed by atoms with Crippen LogP contribution in [0, 0.1) is 0 Å². The highest BCUT2D eigenvalue weighted by Gasteiger charge is 2.15. The van der Waals surface area contributed by atoms with E-state index in [9.17, 15) is 9.90 Å². The molecule has 1 atom stereocenters. The Balaban J connectivity index is 2.10. The number of carbonyl (C=O) groups is 1. The number of hydrogen-bond donors (Lipinski definition) is 3. The van der Waals surface area contributed by atoms with E-state index in [1.54, 1.807) is 24.7 Å². The molecule has 1 aromatic carbocycles. The number of furan rings is 1. The molecule has 0 aliphatic rings. The highest BCUT2D eigenvalue weighted by molar-refractivity contribution is 5.90. The predicted octanol–water partition coefficient (Wildman–Crippen LogP) is 3.03. The van der Waals surface area contributed by atoms with Crippen LogP contribution in [0.5, 0.6) is 5.75 Å². The summed E-state index contributed by atoms with van der Waals surface area (Å²) in [5.41, 5.74) is 2.23. The third-order valence-electron chi connectivity index (χ3n) is 3.43. The molecule has 136 valence electrons. The van der Waals surface area contributed by atoms with Crippen LogP contribution in [0.2, 0.25) is 0 Å². The topological polar surface area (TPSA) is 83.7 Å². The van der Waals surface area contributed by atoms with Gasteiger partial charge in [0.15, 0.2) is 0 Å². The van der Waals surface area contributed by atoms with Gasteiger partial charge in [-0.2, -0.15) is 0 Å². The number of hydrogen-bond acceptors (Lipinski definition) is 5. The molecule has 1 aromatic heterocycles. The fraction of sp³-hybridized carbons (Fsp3) is 0.421. The number of anilines is 1. The van der Waals surface area contributed by atoms with Crippen LogP contribution < -0.4 is 15.4 Å². The molecular weight excluding hydrogens is 320 g/mol. The number of aliphatic hydroxyl groups is 1. The molecule has 2 aromatic rings. The summed E-state index contributed by atoms with van der Waals surface area (Å²) in [6.07, 6.45) is 2.55. The van der Waals surface area contributed by atoms with Crippen LogP contribution in [0.3, 0.4) is 0 Å². The van der Waals surface area contributed by atoms with E-state index in [0.29, 0.717) is 18.0 Å². The first-order chi connectivity index (χ1) is 11.7. The Morgan fingerprint density at radius 2 is 2.08 bits per heavy atom. The molecule has 0 aliphatic heterocycles. The molecule has 6 heteroatoms. The van der Waals surface area contributed by atoms with Crippen molar-refractivity contribution in [2.24, 2.45) is 0 Å². The molecule has 0 saturated heterocycles. The summed E-state index contributed by atoms with van der Waals surface area (Å²) in [5, 5.41) is 16.1. The molecule has 6 nitrogen and oxygen atoms in total. The van der Waals surface area contributed by atoms with Crippen LogP contribution in [0.15, 0.2) is 41.2 Å². The minimum Gasteiger partial charge on any atom is -0.490 e. The van der Waals surface area contributed by atoms with Gasteiger partial charge in [-0.1, -0.05) is 0 Å². The smallest absolute Gasteiger partial charge is 0.221 e. The van der Waals surface area contributed by atoms with Crippen LogP contribution in [-0.2, 0) is 4.79 Å². The largest absolute Gasteiger partial charge is 0.490 e. The maximum Gasteiger partial charge on any atom is 0.221 e. The molecule has 0 saturated carbocycles. The summed E-state index contributed by atoms with van der Waals surface area (Å²) in [5.74, 6) is 0.473. The number of carbonyl (C=O) groups excluding carboxylic acids is 1. The van der Waals surface area contributed by atoms with Gasteiger partial charge in [0.2, 0.25) is 5.91 Å². The zero-order valence-electron chi connectivity index (χ0n) is 15.1. The van der Waals surface area contributed by atoms with Crippen LogP contribution >= 0.6 is 0 Å². The minimum absolute atomic E-state index is 0.0665. The van der Waals surface area contributed by atoms with Crippen molar-refractivity contribution < 1.29 is 19.1 Å². The fourth-order valence-corrected chi connectivity index (χ4v) is 2.25. The predicted molar refractivity (Wildman–Crippen MR) is 97.7 cm³/mol. The first-order valence-electron chi connectivity index (χ1n) is 8.25. The number of amides is 1. The standard InChI is InChI=1S/C19H26N2O4/c1-13(22)21-15-5-6-18(17(9-15)14-7-8-24-11-14)25-12-16(23)10-20-19(2,3)4/h5-9,11,16,20,23H,10,12H2,1-4H3,(H,21,22). The van der Waals surface area contributed by atoms with Gasteiger partial charge in [-0.3, -0.25) is 4.79 Å². The van der Waals surface area contributed by atoms with E-state index in [1.165, 1.54) is 6.92 Å². The van der Waals surface area contributed by atoms with E-state index in [4.69, 9.17) is 9.15 Å². The number of β-amino-alcohol motifs (C(OH)–C–C–N with tert-alkyl or cyclic N) is 1. The summed E-state index contributed by atoms with van der Waals surface area (Å²) >= 11 is 0. The van der Waals surface area contributed by atoms with E-state index in [-0.39, 0.29) is 18.1 Å². The number of rotatable bonds is 7. The molecule has 3 N–H and O–H groups in total. The molecular formula is C19H26N2O4. The SMILES string of the molecule is CC(=O)Nc1ccc(OCC(O)CNC(C)(C)C)c(-c2ccoc2)c1. The molecule has 0 bridgehead atoms. The van der Waals surface area contributed by atoms with Crippen molar-refractivity contribution in [1.29, 1.82) is 0 Å². The Morgan fingerprint density at radius 3 is 2.68 bits per heavy atom. The van der Waals surface area contributed by atoms with E-state index in [1.807, 2.05) is 32.9 Å². The van der Waals surface area contributed by atoms with Crippen LogP contribution in [0.4, 0.5) is 5.69 Å². The second-order valence-corrected chi connectivity index (χ2v) is 7.00. The van der Waals surface area contributed by atoms with Gasteiger partial charge in [0.05, 0.1) is 12.5 Å². The van der Waals surface area contributed by atoms with Crippen LogP contribution in [-0.4, -0.2) is 35.8 Å². The highest BCUT2D eigenvalue weighted by atomic mass is 16.5. The molecule has 0 aliphatic carbocycles. The minimum atomic E-state index is -0.633. The molecule has 0 spiro atoms. The lowest BCUT2D eigenvalue weighted by Crippen LogP contribution is -2.42. The van der Waals surface area contributed by atoms with Crippen molar-refractivity contribution in [3.05, 3.63) is 36.8 Å². The van der Waals surface area contributed by atoms with Crippen LogP contribution in [0.25, 0.3) is 11.1 Å². The van der Waals surface area contributed by atoms with E-state index in [0.717, 1.165) is 11.1 Å². The van der Waals surface area contributed by atoms with E-state index in [2.05, 4.69) is 10.6 Å². The first-order valence-corrected chi connectivity index (χ1v) is 8.25. The van der Waals surface area contributed by atoms with Crippen molar-refractivity contribution in [3.8, 4) is 16.9 Å². The summed E-state index contributed by atoms with van der Waals surface area (Å²) in [6, 6.07) is 7.18. The van der Waals surface area contributed by atoms with Gasteiger partial charge in [-0.15, -0.1) is 0 Å². The molecule has 1 amide bonds. The van der Waals surface area contributed by atoms with Crippen molar-refractivity contribution in [1.82, 2.24) is 5.32 Å². The molecule has 0 radical (unpaired) electrons. The Morgan fingerprint density at radius 1 is 1.32 bits per heavy atom. The van der Waals surface area contributed by atoms with Crippen molar-refractivity contribution >= 4 is 11.6 Å². The van der Waals surface area contributed by atoms with E-state index < -0.39 is 6.10 Å². The van der Waals surface area contributed by atoms with Gasteiger partial charge in [-0.25, -0.2) is 0 Å². The number of ether oxygens (including phenoxy) is 1. The average Bonchev–Trinajstić information content (AvgIpc) is 3.04. The third kappa shape index (κ3) is 6.25.